The number of nitrogens with one attached hydrogen (secondary N) is 1. The lowest BCUT2D eigenvalue weighted by Crippen LogP contribution is -1.93. The second-order valence-electron chi connectivity index (χ2n) is 4.59. The van der Waals surface area contributed by atoms with Gasteiger partial charge in [-0.05, 0) is 12.1 Å². The van der Waals surface area contributed by atoms with Gasteiger partial charge in [0, 0.05) is 23.4 Å². The summed E-state index contributed by atoms with van der Waals surface area (Å²) in [6, 6.07) is 18.9. The van der Waals surface area contributed by atoms with Crippen LogP contribution in [0.2, 0.25) is 0 Å². The number of hydrogen-bond donors (Lipinski definition) is 1. The minimum absolute atomic E-state index is 0.484. The van der Waals surface area contributed by atoms with E-state index in [-0.39, 0.29) is 0 Å². The van der Waals surface area contributed by atoms with E-state index in [1.165, 1.54) is 7.11 Å². The zero-order valence-electron chi connectivity index (χ0n) is 11.9. The normalized spacial score (nSPS) is 10.0. The summed E-state index contributed by atoms with van der Waals surface area (Å²) in [6.45, 7) is 0. The lowest BCUT2D eigenvalue weighted by Gasteiger charge is -2.06. The molecule has 1 heterocycles. The van der Waals surface area contributed by atoms with Gasteiger partial charge < -0.3 is 14.6 Å². The Kier molecular flexibility index (Phi) is 3.75. The van der Waals surface area contributed by atoms with Gasteiger partial charge in [-0.3, -0.25) is 0 Å². The van der Waals surface area contributed by atoms with E-state index < -0.39 is 0 Å². The molecule has 1 aromatic heterocycles. The van der Waals surface area contributed by atoms with Gasteiger partial charge in [0.05, 0.1) is 12.7 Å². The highest BCUT2D eigenvalue weighted by Gasteiger charge is 2.08. The maximum Gasteiger partial charge on any atom is 0.174 e. The zero-order valence-corrected chi connectivity index (χ0v) is 11.9. The standard InChI is InChI=1S/C17H13N3O2/c1-21-15-9-14(8-7-13(15)11-18)19-17-10-16(22-20-17)12-5-3-2-4-6-12/h2-10H,1H3,(H,19,20). The van der Waals surface area contributed by atoms with Crippen molar-refractivity contribution in [3.63, 3.8) is 0 Å². The van der Waals surface area contributed by atoms with Crippen molar-refractivity contribution in [3.05, 3.63) is 60.2 Å². The van der Waals surface area contributed by atoms with E-state index in [0.29, 0.717) is 22.9 Å². The second-order valence-corrected chi connectivity index (χ2v) is 4.59. The molecule has 0 aliphatic rings. The van der Waals surface area contributed by atoms with E-state index in [1.54, 1.807) is 18.2 Å². The van der Waals surface area contributed by atoms with E-state index >= 15 is 0 Å². The highest BCUT2D eigenvalue weighted by molar-refractivity contribution is 5.66. The number of rotatable bonds is 4. The Balaban J connectivity index is 1.83. The summed E-state index contributed by atoms with van der Waals surface area (Å²) in [5.41, 5.74) is 2.21. The van der Waals surface area contributed by atoms with Crippen molar-refractivity contribution < 1.29 is 9.26 Å². The summed E-state index contributed by atoms with van der Waals surface area (Å²) < 4.78 is 10.5. The summed E-state index contributed by atoms with van der Waals surface area (Å²) in [5, 5.41) is 16.1. The fraction of sp³-hybridized carbons (Fsp3) is 0.0588. The number of methoxy groups -OCH3 is 1. The van der Waals surface area contributed by atoms with Crippen molar-refractivity contribution in [1.29, 1.82) is 5.26 Å². The van der Waals surface area contributed by atoms with Crippen LogP contribution in [-0.2, 0) is 0 Å². The van der Waals surface area contributed by atoms with Crippen LogP contribution in [0.1, 0.15) is 5.56 Å². The van der Waals surface area contributed by atoms with Gasteiger partial charge in [0.2, 0.25) is 0 Å². The molecule has 0 atom stereocenters. The first kappa shape index (κ1) is 13.7. The molecule has 0 spiro atoms. The molecule has 0 saturated heterocycles. The molecule has 0 radical (unpaired) electrons. The minimum Gasteiger partial charge on any atom is -0.495 e. The molecule has 0 amide bonds. The molecule has 0 saturated carbocycles. The molecule has 108 valence electrons. The van der Waals surface area contributed by atoms with Crippen molar-refractivity contribution in [1.82, 2.24) is 5.16 Å². The Hall–Kier alpha value is -3.26. The van der Waals surface area contributed by atoms with E-state index in [1.807, 2.05) is 36.4 Å². The monoisotopic (exact) mass is 291 g/mol. The predicted octanol–water partition coefficient (Wildman–Crippen LogP) is 3.97. The van der Waals surface area contributed by atoms with Gasteiger partial charge in [-0.2, -0.15) is 5.26 Å². The fourth-order valence-electron chi connectivity index (χ4n) is 2.08. The fourth-order valence-corrected chi connectivity index (χ4v) is 2.08. The number of aromatic nitrogens is 1. The lowest BCUT2D eigenvalue weighted by molar-refractivity contribution is 0.413. The molecule has 3 aromatic rings. The van der Waals surface area contributed by atoms with E-state index in [2.05, 4.69) is 16.5 Å². The number of ether oxygens (including phenoxy) is 1. The van der Waals surface area contributed by atoms with Crippen LogP contribution in [0.3, 0.4) is 0 Å². The molecule has 0 aliphatic carbocycles. The number of anilines is 2. The lowest BCUT2D eigenvalue weighted by atomic mass is 10.2. The maximum absolute atomic E-state index is 8.98. The first-order chi connectivity index (χ1) is 10.8. The van der Waals surface area contributed by atoms with Crippen molar-refractivity contribution >= 4 is 11.5 Å². The highest BCUT2D eigenvalue weighted by Crippen LogP contribution is 2.27. The third-order valence-electron chi connectivity index (χ3n) is 3.16. The average molecular weight is 291 g/mol. The predicted molar refractivity (Wildman–Crippen MR) is 82.9 cm³/mol. The molecule has 3 rings (SSSR count). The third kappa shape index (κ3) is 2.76. The van der Waals surface area contributed by atoms with Crippen molar-refractivity contribution in [2.24, 2.45) is 0 Å². The third-order valence-corrected chi connectivity index (χ3v) is 3.16. The summed E-state index contributed by atoms with van der Waals surface area (Å²) in [4.78, 5) is 0. The number of nitriles is 1. The van der Waals surface area contributed by atoms with Crippen LogP contribution in [0, 0.1) is 11.3 Å². The van der Waals surface area contributed by atoms with E-state index in [9.17, 15) is 0 Å². The first-order valence-electron chi connectivity index (χ1n) is 6.67. The summed E-state index contributed by atoms with van der Waals surface area (Å²) in [6.07, 6.45) is 0. The molecule has 0 fully saturated rings. The van der Waals surface area contributed by atoms with Crippen LogP contribution in [-0.4, -0.2) is 12.3 Å². The average Bonchev–Trinajstić information content (AvgIpc) is 3.04. The topological polar surface area (TPSA) is 71.1 Å². The van der Waals surface area contributed by atoms with Crippen molar-refractivity contribution in [2.45, 2.75) is 0 Å². The van der Waals surface area contributed by atoms with Gasteiger partial charge in [0.1, 0.15) is 11.8 Å². The van der Waals surface area contributed by atoms with Crippen molar-refractivity contribution in [2.75, 3.05) is 12.4 Å². The first-order valence-corrected chi connectivity index (χ1v) is 6.67. The Morgan fingerprint density at radius 1 is 1.14 bits per heavy atom. The van der Waals surface area contributed by atoms with Gasteiger partial charge in [0.25, 0.3) is 0 Å². The van der Waals surface area contributed by atoms with Crippen LogP contribution in [0.25, 0.3) is 11.3 Å². The van der Waals surface area contributed by atoms with E-state index in [4.69, 9.17) is 14.5 Å². The summed E-state index contributed by atoms with van der Waals surface area (Å²) in [5.74, 6) is 1.79. The molecule has 5 heteroatoms. The second kappa shape index (κ2) is 6.02. The molecule has 2 aromatic carbocycles. The smallest absolute Gasteiger partial charge is 0.174 e. The minimum atomic E-state index is 0.484. The number of hydrogen-bond acceptors (Lipinski definition) is 5. The van der Waals surface area contributed by atoms with Crippen LogP contribution in [0.4, 0.5) is 11.5 Å². The van der Waals surface area contributed by atoms with Crippen molar-refractivity contribution in [3.8, 4) is 23.1 Å². The Labute approximate surface area is 127 Å². The zero-order chi connectivity index (χ0) is 15.4. The molecule has 5 nitrogen and oxygen atoms in total. The largest absolute Gasteiger partial charge is 0.495 e. The Morgan fingerprint density at radius 2 is 1.95 bits per heavy atom. The Morgan fingerprint density at radius 3 is 2.68 bits per heavy atom. The van der Waals surface area contributed by atoms with Gasteiger partial charge in [-0.25, -0.2) is 0 Å². The van der Waals surface area contributed by atoms with Gasteiger partial charge in [0.15, 0.2) is 11.6 Å². The van der Waals surface area contributed by atoms with Crippen LogP contribution in [0.15, 0.2) is 59.1 Å². The van der Waals surface area contributed by atoms with E-state index in [0.717, 1.165) is 11.3 Å². The SMILES string of the molecule is COc1cc(Nc2cc(-c3ccccc3)on2)ccc1C#N. The Bertz CT molecular complexity index is 819. The summed E-state index contributed by atoms with van der Waals surface area (Å²) >= 11 is 0. The molecule has 22 heavy (non-hydrogen) atoms. The van der Waals surface area contributed by atoms with Crippen LogP contribution >= 0.6 is 0 Å². The molecular formula is C17H13N3O2. The highest BCUT2D eigenvalue weighted by atomic mass is 16.5. The molecular weight excluding hydrogens is 278 g/mol. The molecule has 0 aliphatic heterocycles. The molecule has 0 bridgehead atoms. The molecule has 1 N–H and O–H groups in total. The summed E-state index contributed by atoms with van der Waals surface area (Å²) in [7, 11) is 1.53. The number of nitrogens with zero attached hydrogens (tertiary/aromatic N) is 2. The van der Waals surface area contributed by atoms with Gasteiger partial charge in [-0.1, -0.05) is 35.5 Å². The number of benzene rings is 2. The van der Waals surface area contributed by atoms with Crippen LogP contribution in [0.5, 0.6) is 5.75 Å². The quantitative estimate of drug-likeness (QED) is 0.787. The van der Waals surface area contributed by atoms with Crippen LogP contribution < -0.4 is 10.1 Å². The van der Waals surface area contributed by atoms with Gasteiger partial charge in [-0.15, -0.1) is 0 Å². The molecule has 0 unspecified atom stereocenters. The maximum atomic E-state index is 8.98. The van der Waals surface area contributed by atoms with Gasteiger partial charge >= 0.3 is 0 Å².